The average molecular weight is 1820 g/mol. The van der Waals surface area contributed by atoms with Gasteiger partial charge < -0.3 is 14.7 Å². The van der Waals surface area contributed by atoms with E-state index in [4.69, 9.17) is 0 Å². The zero-order chi connectivity index (χ0) is 93.5. The minimum atomic E-state index is -0.425. The maximum atomic E-state index is 2.54. The van der Waals surface area contributed by atoms with Gasteiger partial charge in [-0.05, 0) is 332 Å². The number of nitrogens with zero attached hydrogens (tertiary/aromatic N) is 3. The second-order valence-electron chi connectivity index (χ2n) is 43.3. The first-order valence-corrected chi connectivity index (χ1v) is 54.3. The van der Waals surface area contributed by atoms with Crippen molar-refractivity contribution in [2.45, 2.75) is 258 Å². The summed E-state index contributed by atoms with van der Waals surface area (Å²) >= 11 is 0. The highest BCUT2D eigenvalue weighted by molar-refractivity contribution is 6.00. The van der Waals surface area contributed by atoms with Crippen molar-refractivity contribution in [2.24, 2.45) is 0 Å². The number of benzene rings is 16. The van der Waals surface area contributed by atoms with Gasteiger partial charge in [0, 0.05) is 56.4 Å². The smallest absolute Gasteiger partial charge is 0.0726 e. The molecule has 26 rings (SSSR count). The third-order valence-corrected chi connectivity index (χ3v) is 35.1. The molecule has 140 heavy (non-hydrogen) atoms. The molecule has 0 aliphatic heterocycles. The minimum absolute atomic E-state index is 0.0106. The van der Waals surface area contributed by atoms with E-state index in [0.717, 1.165) is 11.8 Å². The van der Waals surface area contributed by atoms with Gasteiger partial charge in [0.1, 0.15) is 0 Å². The van der Waals surface area contributed by atoms with Crippen molar-refractivity contribution in [3.63, 3.8) is 0 Å². The van der Waals surface area contributed by atoms with E-state index < -0.39 is 5.41 Å². The molecule has 0 unspecified atom stereocenters. The average Bonchev–Trinajstić information content (AvgIpc) is 1.52. The van der Waals surface area contributed by atoms with Crippen LogP contribution in [0.15, 0.2) is 382 Å². The fourth-order valence-electron chi connectivity index (χ4n) is 28.1. The molecular weight excluding hydrogens is 1690 g/mol. The Labute approximate surface area is 833 Å². The van der Waals surface area contributed by atoms with Gasteiger partial charge in [-0.3, -0.25) is 0 Å². The van der Waals surface area contributed by atoms with Gasteiger partial charge in [-0.1, -0.05) is 415 Å². The number of rotatable bonds is 17. The highest BCUT2D eigenvalue weighted by atomic mass is 15.2. The molecule has 16 aromatic carbocycles. The molecule has 3 heteroatoms. The second kappa shape index (κ2) is 39.2. The van der Waals surface area contributed by atoms with Crippen LogP contribution >= 0.6 is 0 Å². The summed E-state index contributed by atoms with van der Waals surface area (Å²) in [7, 11) is 0. The van der Waals surface area contributed by atoms with Crippen molar-refractivity contribution in [2.75, 3.05) is 14.7 Å². The van der Waals surface area contributed by atoms with E-state index in [-0.39, 0.29) is 10.8 Å². The summed E-state index contributed by atoms with van der Waals surface area (Å²) < 4.78 is 0. The zero-order valence-electron chi connectivity index (χ0n) is 82.4. The Bertz CT molecular complexity index is 6740. The molecule has 698 valence electrons. The third-order valence-electron chi connectivity index (χ3n) is 35.1. The molecule has 0 aromatic heterocycles. The number of hydrogen-bond acceptors (Lipinski definition) is 3. The molecule has 0 bridgehead atoms. The molecule has 6 saturated carbocycles. The summed E-state index contributed by atoms with van der Waals surface area (Å²) in [5, 5.41) is 0. The number of fused-ring (bicyclic) bond motifs is 16. The molecular formula is C137H135N3. The van der Waals surface area contributed by atoms with E-state index in [1.54, 1.807) is 0 Å². The molecule has 0 saturated heterocycles. The van der Waals surface area contributed by atoms with Gasteiger partial charge in [-0.25, -0.2) is 0 Å². The Morgan fingerprint density at radius 1 is 0.171 bits per heavy atom. The summed E-state index contributed by atoms with van der Waals surface area (Å²) in [5.74, 6) is 4.21. The summed E-state index contributed by atoms with van der Waals surface area (Å²) in [5.41, 5.74) is 43.9. The van der Waals surface area contributed by atoms with Crippen molar-refractivity contribution >= 4 is 51.2 Å². The van der Waals surface area contributed by atoms with Crippen LogP contribution in [0.5, 0.6) is 0 Å². The Morgan fingerprint density at radius 2 is 0.407 bits per heavy atom. The van der Waals surface area contributed by atoms with E-state index in [9.17, 15) is 0 Å². The van der Waals surface area contributed by atoms with Crippen LogP contribution < -0.4 is 14.7 Å². The van der Waals surface area contributed by atoms with E-state index in [1.165, 1.54) is 377 Å². The first kappa shape index (κ1) is 89.5. The van der Waals surface area contributed by atoms with Gasteiger partial charge in [0.15, 0.2) is 0 Å². The first-order valence-electron chi connectivity index (χ1n) is 54.3. The standard InChI is InChI=1S/C49H45N.C49H47N.C39H43N/c1-3-13-34(14-4-1)36-23-27-38(28-24-36)50(39-29-25-37(26-30-39)35-15-5-2-6-16-35)40-31-32-44-43-19-9-12-22-47(43)49(48(44)33-40)45-20-10-7-17-41(45)42-18-8-11-21-46(42)49;1-5-16-36(17-6-1)38-28-32-42(33-29-38)50(43-34-30-39(31-35-43)37-18-7-2-8-19-37)47-27-15-26-46-48(47)44-24-13-14-25-45(44)49(46,40-20-9-3-10-21-40)41-22-11-4-12-23-41;1-39(2)35-17-10-9-16-34(35)38-36(39)18-11-19-37(38)40(32-24-20-30(21-25-32)28-12-5-3-6-13-28)33-26-22-31(23-27-33)29-14-7-4-8-15-29/h7-12,17-35H,1-6,13-16H2;3-4,9-15,20-37H,1-2,5-8,16-19H2;9-11,16-29H,3-8,12-15H2,1-2H3. The highest BCUT2D eigenvalue weighted by Crippen LogP contribution is 2.65. The lowest BCUT2D eigenvalue weighted by Gasteiger charge is -2.34. The Kier molecular flexibility index (Phi) is 25.1. The monoisotopic (exact) mass is 1820 g/mol. The summed E-state index contributed by atoms with van der Waals surface area (Å²) in [6.45, 7) is 4.76. The van der Waals surface area contributed by atoms with Crippen LogP contribution in [0.25, 0.3) is 44.5 Å². The molecule has 0 heterocycles. The lowest BCUT2D eigenvalue weighted by molar-refractivity contribution is 0.443. The molecule has 16 aromatic rings. The van der Waals surface area contributed by atoms with Crippen molar-refractivity contribution in [1.29, 1.82) is 0 Å². The normalized spacial score (nSPS) is 17.8. The van der Waals surface area contributed by atoms with Gasteiger partial charge >= 0.3 is 0 Å². The number of anilines is 9. The maximum Gasteiger partial charge on any atom is 0.0726 e. The molecule has 0 atom stereocenters. The predicted molar refractivity (Wildman–Crippen MR) is 589 cm³/mol. The quantitative estimate of drug-likeness (QED) is 0.0900. The van der Waals surface area contributed by atoms with Gasteiger partial charge in [0.25, 0.3) is 0 Å². The Balaban J connectivity index is 0.000000115. The van der Waals surface area contributed by atoms with E-state index in [1.807, 2.05) is 0 Å². The third kappa shape index (κ3) is 16.3. The molecule has 1 spiro atoms. The lowest BCUT2D eigenvalue weighted by atomic mass is 9.68. The molecule has 10 aliphatic carbocycles. The highest BCUT2D eigenvalue weighted by Gasteiger charge is 2.53. The molecule has 0 radical (unpaired) electrons. The lowest BCUT2D eigenvalue weighted by Crippen LogP contribution is -2.28. The van der Waals surface area contributed by atoms with Crippen LogP contribution in [0.2, 0.25) is 0 Å². The van der Waals surface area contributed by atoms with E-state index in [0.29, 0.717) is 23.7 Å². The molecule has 10 aliphatic rings. The zero-order valence-corrected chi connectivity index (χ0v) is 82.4. The van der Waals surface area contributed by atoms with Gasteiger partial charge in [-0.2, -0.15) is 0 Å². The van der Waals surface area contributed by atoms with Crippen molar-refractivity contribution in [1.82, 2.24) is 0 Å². The van der Waals surface area contributed by atoms with Crippen LogP contribution in [0.1, 0.15) is 331 Å². The molecule has 6 fully saturated rings. The molecule has 0 amide bonds. The largest absolute Gasteiger partial charge is 0.310 e. The van der Waals surface area contributed by atoms with E-state index in [2.05, 4.69) is 411 Å². The summed E-state index contributed by atoms with van der Waals surface area (Å²) in [4.78, 5) is 7.57. The Morgan fingerprint density at radius 3 is 0.729 bits per heavy atom. The van der Waals surface area contributed by atoms with Crippen LogP contribution in [0.3, 0.4) is 0 Å². The maximum absolute atomic E-state index is 2.54. The van der Waals surface area contributed by atoms with E-state index >= 15 is 0 Å². The Hall–Kier alpha value is -13.1. The predicted octanol–water partition coefficient (Wildman–Crippen LogP) is 38.8. The minimum Gasteiger partial charge on any atom is -0.310 e. The first-order chi connectivity index (χ1) is 69.2. The van der Waals surface area contributed by atoms with Crippen molar-refractivity contribution in [3.05, 3.63) is 471 Å². The van der Waals surface area contributed by atoms with Crippen LogP contribution in [-0.4, -0.2) is 0 Å². The molecule has 0 N–H and O–H groups in total. The second-order valence-corrected chi connectivity index (χ2v) is 43.3. The van der Waals surface area contributed by atoms with Crippen LogP contribution in [0, 0.1) is 0 Å². The molecule has 3 nitrogen and oxygen atoms in total. The van der Waals surface area contributed by atoms with Gasteiger partial charge in [-0.15, -0.1) is 0 Å². The topological polar surface area (TPSA) is 9.72 Å². The van der Waals surface area contributed by atoms with Gasteiger partial charge in [0.05, 0.1) is 22.2 Å². The fourth-order valence-corrected chi connectivity index (χ4v) is 28.1. The van der Waals surface area contributed by atoms with Crippen molar-refractivity contribution < 1.29 is 0 Å². The summed E-state index contributed by atoms with van der Waals surface area (Å²) in [6.07, 6.45) is 40.6. The van der Waals surface area contributed by atoms with Crippen molar-refractivity contribution in [3.8, 4) is 44.5 Å². The SMILES string of the molecule is CC1(C)c2ccccc2-c2c(N(c3ccc(C4CCCCC4)cc3)c3ccc(C4CCCCC4)cc3)cccc21.c1ccc(C2(c3ccccc3)c3ccccc3-c3c(N(c4ccc(C5CCCCC5)cc4)c4ccc(C5CCCCC5)cc4)cccc32)cc1.c1ccc2c(c1)-c1ccccc1C21c2ccccc2-c2ccc(N(c3ccc(C4CCCCC4)cc3)c3ccc(C4CCCCC4)cc3)cc21. The van der Waals surface area contributed by atoms with Crippen LogP contribution in [-0.2, 0) is 16.2 Å². The fraction of sp³-hybridized carbons (Fsp3) is 0.299. The van der Waals surface area contributed by atoms with Crippen LogP contribution in [0.4, 0.5) is 51.2 Å². The van der Waals surface area contributed by atoms with Gasteiger partial charge in [0.2, 0.25) is 0 Å². The number of hydrogen-bond donors (Lipinski definition) is 0. The summed E-state index contributed by atoms with van der Waals surface area (Å²) in [6, 6.07) is 147.